The molecular weight excluding hydrogens is 329 g/mol. The molecule has 6 heteroatoms. The molecule has 0 spiro atoms. The first-order valence-electron chi connectivity index (χ1n) is 8.77. The highest BCUT2D eigenvalue weighted by Gasteiger charge is 2.37. The second kappa shape index (κ2) is 9.80. The highest BCUT2D eigenvalue weighted by Crippen LogP contribution is 2.32. The van der Waals surface area contributed by atoms with E-state index < -0.39 is 12.0 Å². The van der Waals surface area contributed by atoms with Crippen LogP contribution in [0.15, 0.2) is 18.2 Å². The SMILES string of the molecule is CCCC(C)CCn1c(C(F)(F)F)nc2cc(C)ccc21.CCOC. The molecule has 0 saturated carbocycles. The second-order valence-corrected chi connectivity index (χ2v) is 6.34. The molecule has 1 unspecified atom stereocenters. The van der Waals surface area contributed by atoms with Crippen molar-refractivity contribution in [2.45, 2.75) is 59.7 Å². The van der Waals surface area contributed by atoms with Crippen molar-refractivity contribution in [3.05, 3.63) is 29.6 Å². The van der Waals surface area contributed by atoms with Crippen LogP contribution in [0.2, 0.25) is 0 Å². The molecule has 3 nitrogen and oxygen atoms in total. The topological polar surface area (TPSA) is 27.1 Å². The van der Waals surface area contributed by atoms with E-state index in [4.69, 9.17) is 0 Å². The molecule has 2 rings (SSSR count). The van der Waals surface area contributed by atoms with Crippen molar-refractivity contribution in [2.24, 2.45) is 5.92 Å². The molecular formula is C19H29F3N2O. The molecule has 1 aromatic heterocycles. The molecule has 0 fully saturated rings. The van der Waals surface area contributed by atoms with Gasteiger partial charge < -0.3 is 9.30 Å². The predicted octanol–water partition coefficient (Wildman–Crippen LogP) is 5.84. The molecule has 0 saturated heterocycles. The van der Waals surface area contributed by atoms with Gasteiger partial charge in [0.05, 0.1) is 11.0 Å². The molecule has 1 heterocycles. The van der Waals surface area contributed by atoms with Gasteiger partial charge in [-0.3, -0.25) is 0 Å². The Kier molecular flexibility index (Phi) is 8.42. The fourth-order valence-electron chi connectivity index (χ4n) is 2.67. The zero-order valence-electron chi connectivity index (χ0n) is 15.8. The van der Waals surface area contributed by atoms with Gasteiger partial charge in [0.2, 0.25) is 5.82 Å². The van der Waals surface area contributed by atoms with E-state index in [1.54, 1.807) is 19.2 Å². The molecule has 142 valence electrons. The molecule has 25 heavy (non-hydrogen) atoms. The smallest absolute Gasteiger partial charge is 0.385 e. The van der Waals surface area contributed by atoms with Crippen molar-refractivity contribution < 1.29 is 17.9 Å². The van der Waals surface area contributed by atoms with Gasteiger partial charge >= 0.3 is 6.18 Å². The Morgan fingerprint density at radius 1 is 1.20 bits per heavy atom. The summed E-state index contributed by atoms with van der Waals surface area (Å²) in [4.78, 5) is 3.81. The molecule has 0 N–H and O–H groups in total. The lowest BCUT2D eigenvalue weighted by atomic mass is 10.0. The number of hydrogen-bond acceptors (Lipinski definition) is 2. The first-order valence-corrected chi connectivity index (χ1v) is 8.77. The number of imidazole rings is 1. The number of ether oxygens (including phenoxy) is 1. The quantitative estimate of drug-likeness (QED) is 0.648. The van der Waals surface area contributed by atoms with Crippen LogP contribution in [0, 0.1) is 12.8 Å². The fourth-order valence-corrected chi connectivity index (χ4v) is 2.67. The Bertz CT molecular complexity index is 648. The summed E-state index contributed by atoms with van der Waals surface area (Å²) in [5.41, 5.74) is 1.90. The van der Waals surface area contributed by atoms with Crippen molar-refractivity contribution in [1.29, 1.82) is 0 Å². The summed E-state index contributed by atoms with van der Waals surface area (Å²) < 4.78 is 45.4. The Hall–Kier alpha value is -1.56. The highest BCUT2D eigenvalue weighted by atomic mass is 19.4. The van der Waals surface area contributed by atoms with Crippen LogP contribution in [-0.4, -0.2) is 23.3 Å². The van der Waals surface area contributed by atoms with Crippen molar-refractivity contribution in [3.63, 3.8) is 0 Å². The molecule has 0 amide bonds. The van der Waals surface area contributed by atoms with E-state index in [1.165, 1.54) is 4.57 Å². The molecule has 0 aliphatic carbocycles. The van der Waals surface area contributed by atoms with Crippen LogP contribution in [0.4, 0.5) is 13.2 Å². The molecule has 0 aliphatic heterocycles. The molecule has 1 atom stereocenters. The van der Waals surface area contributed by atoms with Crippen molar-refractivity contribution in [2.75, 3.05) is 13.7 Å². The van der Waals surface area contributed by atoms with Crippen LogP contribution < -0.4 is 0 Å². The standard InChI is InChI=1S/C16H21F3N2.C3H8O/c1-4-5-11(2)8-9-21-14-7-6-12(3)10-13(14)20-15(21)16(17,18)19;1-3-4-2/h6-7,10-11H,4-5,8-9H2,1-3H3;3H2,1-2H3. The number of aromatic nitrogens is 2. The van der Waals surface area contributed by atoms with Crippen molar-refractivity contribution >= 4 is 11.0 Å². The maximum atomic E-state index is 13.2. The number of nitrogens with zero attached hydrogens (tertiary/aromatic N) is 2. The van der Waals surface area contributed by atoms with Gasteiger partial charge in [-0.2, -0.15) is 13.2 Å². The number of aryl methyl sites for hydroxylation is 2. The predicted molar refractivity (Wildman–Crippen MR) is 95.7 cm³/mol. The van der Waals surface area contributed by atoms with Crippen LogP contribution in [0.5, 0.6) is 0 Å². The number of halogens is 3. The molecule has 0 bridgehead atoms. The number of alkyl halides is 3. The Labute approximate surface area is 148 Å². The summed E-state index contributed by atoms with van der Waals surface area (Å²) in [6.07, 6.45) is -1.60. The van der Waals surface area contributed by atoms with Gasteiger partial charge in [0, 0.05) is 20.3 Å². The molecule has 0 radical (unpaired) electrons. The molecule has 1 aromatic carbocycles. The summed E-state index contributed by atoms with van der Waals surface area (Å²) in [6.45, 7) is 9.16. The third-order valence-corrected chi connectivity index (χ3v) is 4.07. The van der Waals surface area contributed by atoms with E-state index in [0.29, 0.717) is 23.5 Å². The first kappa shape index (κ1) is 21.5. The van der Waals surface area contributed by atoms with Crippen LogP contribution in [0.1, 0.15) is 51.4 Å². The minimum atomic E-state index is -4.42. The summed E-state index contributed by atoms with van der Waals surface area (Å²) >= 11 is 0. The fraction of sp³-hybridized carbons (Fsp3) is 0.632. The third-order valence-electron chi connectivity index (χ3n) is 4.07. The molecule has 2 aromatic rings. The largest absolute Gasteiger partial charge is 0.449 e. The lowest BCUT2D eigenvalue weighted by Crippen LogP contribution is -2.16. The van der Waals surface area contributed by atoms with Crippen LogP contribution in [0.3, 0.4) is 0 Å². The van der Waals surface area contributed by atoms with Crippen molar-refractivity contribution in [3.8, 4) is 0 Å². The average molecular weight is 358 g/mol. The van der Waals surface area contributed by atoms with Gasteiger partial charge in [-0.25, -0.2) is 4.98 Å². The molecule has 0 aliphatic rings. The summed E-state index contributed by atoms with van der Waals surface area (Å²) in [5, 5.41) is 0. The van der Waals surface area contributed by atoms with E-state index in [9.17, 15) is 13.2 Å². The lowest BCUT2D eigenvalue weighted by Gasteiger charge is -2.14. The lowest BCUT2D eigenvalue weighted by molar-refractivity contribution is -0.147. The zero-order valence-corrected chi connectivity index (χ0v) is 15.8. The minimum Gasteiger partial charge on any atom is -0.385 e. The van der Waals surface area contributed by atoms with Crippen LogP contribution >= 0.6 is 0 Å². The summed E-state index contributed by atoms with van der Waals surface area (Å²) in [7, 11) is 1.68. The maximum Gasteiger partial charge on any atom is 0.449 e. The Morgan fingerprint density at radius 2 is 1.84 bits per heavy atom. The Balaban J connectivity index is 0.000000705. The summed E-state index contributed by atoms with van der Waals surface area (Å²) in [5.74, 6) is -0.370. The van der Waals surface area contributed by atoms with Crippen LogP contribution in [0.25, 0.3) is 11.0 Å². The monoisotopic (exact) mass is 358 g/mol. The highest BCUT2D eigenvalue weighted by molar-refractivity contribution is 5.77. The maximum absolute atomic E-state index is 13.2. The van der Waals surface area contributed by atoms with Gasteiger partial charge in [-0.1, -0.05) is 32.8 Å². The number of hydrogen-bond donors (Lipinski definition) is 0. The van der Waals surface area contributed by atoms with E-state index in [-0.39, 0.29) is 0 Å². The summed E-state index contributed by atoms with van der Waals surface area (Å²) in [6, 6.07) is 5.27. The Morgan fingerprint density at radius 3 is 2.36 bits per heavy atom. The number of methoxy groups -OCH3 is 1. The van der Waals surface area contributed by atoms with E-state index in [1.807, 2.05) is 19.9 Å². The van der Waals surface area contributed by atoms with E-state index >= 15 is 0 Å². The van der Waals surface area contributed by atoms with Gasteiger partial charge in [0.25, 0.3) is 0 Å². The van der Waals surface area contributed by atoms with Gasteiger partial charge in [-0.15, -0.1) is 0 Å². The van der Waals surface area contributed by atoms with Crippen LogP contribution in [-0.2, 0) is 17.5 Å². The number of benzene rings is 1. The minimum absolute atomic E-state index is 0.357. The van der Waals surface area contributed by atoms with Gasteiger partial charge in [0.1, 0.15) is 0 Å². The average Bonchev–Trinajstić information content (AvgIpc) is 2.91. The number of rotatable bonds is 6. The van der Waals surface area contributed by atoms with Crippen molar-refractivity contribution in [1.82, 2.24) is 9.55 Å². The van der Waals surface area contributed by atoms with Gasteiger partial charge in [-0.05, 0) is 43.9 Å². The first-order chi connectivity index (χ1) is 11.7. The number of fused-ring (bicyclic) bond motifs is 1. The van der Waals surface area contributed by atoms with E-state index in [2.05, 4.69) is 23.6 Å². The van der Waals surface area contributed by atoms with Gasteiger partial charge in [0.15, 0.2) is 0 Å². The zero-order chi connectivity index (χ0) is 19.0. The normalized spacial score (nSPS) is 12.8. The second-order valence-electron chi connectivity index (χ2n) is 6.34. The van der Waals surface area contributed by atoms with E-state index in [0.717, 1.165) is 31.4 Å². The third kappa shape index (κ3) is 6.34.